The zero-order valence-electron chi connectivity index (χ0n) is 9.71. The normalized spacial score (nSPS) is 14.5. The molecule has 0 aliphatic carbocycles. The van der Waals surface area contributed by atoms with E-state index in [2.05, 4.69) is 4.98 Å². The second-order valence-electron chi connectivity index (χ2n) is 4.01. The maximum absolute atomic E-state index is 10.3. The van der Waals surface area contributed by atoms with E-state index in [9.17, 15) is 5.11 Å². The Bertz CT molecular complexity index is 467. The molecule has 2 unspecified atom stereocenters. The summed E-state index contributed by atoms with van der Waals surface area (Å²) in [6.45, 7) is 2.21. The molecule has 2 rings (SSSR count). The summed E-state index contributed by atoms with van der Waals surface area (Å²) in [5.41, 5.74) is 7.42. The lowest BCUT2D eigenvalue weighted by Crippen LogP contribution is -2.21. The van der Waals surface area contributed by atoms with Crippen LogP contribution in [0.4, 0.5) is 0 Å². The lowest BCUT2D eigenvalue weighted by molar-refractivity contribution is 0.119. The third-order valence-electron chi connectivity index (χ3n) is 2.87. The highest BCUT2D eigenvalue weighted by Gasteiger charge is 2.26. The van der Waals surface area contributed by atoms with Gasteiger partial charge in [-0.2, -0.15) is 0 Å². The summed E-state index contributed by atoms with van der Waals surface area (Å²) in [4.78, 5) is 4.23. The van der Waals surface area contributed by atoms with E-state index in [-0.39, 0.29) is 5.92 Å². The van der Waals surface area contributed by atoms with Gasteiger partial charge in [-0.15, -0.1) is 0 Å². The van der Waals surface area contributed by atoms with E-state index in [1.165, 1.54) is 0 Å². The molecule has 0 saturated carbocycles. The van der Waals surface area contributed by atoms with Gasteiger partial charge in [0.25, 0.3) is 0 Å². The molecule has 4 nitrogen and oxygen atoms in total. The van der Waals surface area contributed by atoms with E-state index < -0.39 is 6.10 Å². The molecule has 90 valence electrons. The van der Waals surface area contributed by atoms with Crippen molar-refractivity contribution >= 4 is 0 Å². The third-order valence-corrected chi connectivity index (χ3v) is 2.87. The molecule has 0 aliphatic rings. The van der Waals surface area contributed by atoms with E-state index in [0.717, 1.165) is 11.3 Å². The van der Waals surface area contributed by atoms with Gasteiger partial charge in [0, 0.05) is 24.4 Å². The molecule has 4 heteroatoms. The van der Waals surface area contributed by atoms with E-state index in [1.54, 1.807) is 12.5 Å². The van der Waals surface area contributed by atoms with E-state index in [1.807, 2.05) is 31.2 Å². The number of nitrogens with two attached hydrogens (primary N) is 1. The fraction of sp³-hybridized carbons (Fsp3) is 0.308. The monoisotopic (exact) mass is 232 g/mol. The molecule has 0 amide bonds. The van der Waals surface area contributed by atoms with Gasteiger partial charge in [0.2, 0.25) is 0 Å². The maximum atomic E-state index is 10.3. The first-order chi connectivity index (χ1) is 8.24. The van der Waals surface area contributed by atoms with Gasteiger partial charge in [-0.3, -0.25) is 4.98 Å². The van der Waals surface area contributed by atoms with Gasteiger partial charge in [0.1, 0.15) is 11.9 Å². The number of pyridine rings is 1. The fourth-order valence-electron chi connectivity index (χ4n) is 1.88. The smallest absolute Gasteiger partial charge is 0.135 e. The van der Waals surface area contributed by atoms with Crippen LogP contribution in [0.25, 0.3) is 0 Å². The Labute approximate surface area is 100 Å². The van der Waals surface area contributed by atoms with Crippen LogP contribution in [-0.2, 0) is 0 Å². The van der Waals surface area contributed by atoms with Crippen LogP contribution >= 0.6 is 0 Å². The lowest BCUT2D eigenvalue weighted by Gasteiger charge is -2.19. The predicted octanol–water partition coefficient (Wildman–Crippen LogP) is 1.76. The van der Waals surface area contributed by atoms with Crippen LogP contribution in [0.1, 0.15) is 29.0 Å². The molecule has 0 aliphatic heterocycles. The van der Waals surface area contributed by atoms with Crippen molar-refractivity contribution in [1.29, 1.82) is 0 Å². The Kier molecular flexibility index (Phi) is 3.56. The van der Waals surface area contributed by atoms with Gasteiger partial charge in [0.15, 0.2) is 0 Å². The molecule has 17 heavy (non-hydrogen) atoms. The zero-order chi connectivity index (χ0) is 12.3. The summed E-state index contributed by atoms with van der Waals surface area (Å²) >= 11 is 0. The van der Waals surface area contributed by atoms with Gasteiger partial charge >= 0.3 is 0 Å². The number of aliphatic hydroxyl groups is 1. The van der Waals surface area contributed by atoms with Crippen molar-refractivity contribution in [2.75, 3.05) is 6.54 Å². The number of aliphatic hydroxyl groups excluding tert-OH is 1. The van der Waals surface area contributed by atoms with Crippen molar-refractivity contribution in [2.24, 2.45) is 5.73 Å². The summed E-state index contributed by atoms with van der Waals surface area (Å²) in [7, 11) is 0. The molecule has 2 aromatic heterocycles. The average molecular weight is 232 g/mol. The highest BCUT2D eigenvalue weighted by Crippen LogP contribution is 2.31. The summed E-state index contributed by atoms with van der Waals surface area (Å²) in [5.74, 6) is 0.312. The predicted molar refractivity (Wildman–Crippen MR) is 64.4 cm³/mol. The summed E-state index contributed by atoms with van der Waals surface area (Å²) < 4.78 is 5.30. The number of nitrogens with zero attached hydrogens (tertiary/aromatic N) is 1. The van der Waals surface area contributed by atoms with Crippen molar-refractivity contribution < 1.29 is 9.52 Å². The molecule has 3 N–H and O–H groups in total. The largest absolute Gasteiger partial charge is 0.466 e. The van der Waals surface area contributed by atoms with Crippen LogP contribution in [0.5, 0.6) is 0 Å². The van der Waals surface area contributed by atoms with Crippen LogP contribution in [-0.4, -0.2) is 16.6 Å². The standard InChI is InChI=1S/C13H16N2O2/c1-9-5-7-17-13(9)12(16)10(8-14)11-4-2-3-6-15-11/h2-7,10,12,16H,8,14H2,1H3. The molecule has 0 saturated heterocycles. The van der Waals surface area contributed by atoms with E-state index >= 15 is 0 Å². The van der Waals surface area contributed by atoms with Crippen molar-refractivity contribution in [3.8, 4) is 0 Å². The van der Waals surface area contributed by atoms with E-state index in [0.29, 0.717) is 12.3 Å². The number of hydrogen-bond acceptors (Lipinski definition) is 4. The van der Waals surface area contributed by atoms with E-state index in [4.69, 9.17) is 10.2 Å². The molecular weight excluding hydrogens is 216 g/mol. The Morgan fingerprint density at radius 1 is 1.41 bits per heavy atom. The second-order valence-corrected chi connectivity index (χ2v) is 4.01. The van der Waals surface area contributed by atoms with Crippen molar-refractivity contribution in [3.63, 3.8) is 0 Å². The Balaban J connectivity index is 2.28. The van der Waals surface area contributed by atoms with Crippen LogP contribution in [0.15, 0.2) is 41.1 Å². The molecule has 0 bridgehead atoms. The summed E-state index contributed by atoms with van der Waals surface area (Å²) in [5, 5.41) is 10.3. The number of furan rings is 1. The third kappa shape index (κ3) is 2.38. The molecule has 0 radical (unpaired) electrons. The average Bonchev–Trinajstić information content (AvgIpc) is 2.77. The second kappa shape index (κ2) is 5.12. The highest BCUT2D eigenvalue weighted by atomic mass is 16.4. The van der Waals surface area contributed by atoms with Gasteiger partial charge < -0.3 is 15.3 Å². The maximum Gasteiger partial charge on any atom is 0.135 e. The Morgan fingerprint density at radius 3 is 2.76 bits per heavy atom. The van der Waals surface area contributed by atoms with Crippen molar-refractivity contribution in [2.45, 2.75) is 18.9 Å². The van der Waals surface area contributed by atoms with Crippen LogP contribution in [0.3, 0.4) is 0 Å². The highest BCUT2D eigenvalue weighted by molar-refractivity contribution is 5.22. The topological polar surface area (TPSA) is 72.3 Å². The van der Waals surface area contributed by atoms with Crippen LogP contribution in [0.2, 0.25) is 0 Å². The molecule has 0 fully saturated rings. The number of rotatable bonds is 4. The number of aromatic nitrogens is 1. The fourth-order valence-corrected chi connectivity index (χ4v) is 1.88. The summed E-state index contributed by atoms with van der Waals surface area (Å²) in [6.07, 6.45) is 2.50. The first-order valence-corrected chi connectivity index (χ1v) is 5.57. The molecule has 0 spiro atoms. The molecule has 2 aromatic rings. The first kappa shape index (κ1) is 11.8. The molecule has 2 atom stereocenters. The zero-order valence-corrected chi connectivity index (χ0v) is 9.71. The summed E-state index contributed by atoms with van der Waals surface area (Å²) in [6, 6.07) is 7.40. The lowest BCUT2D eigenvalue weighted by atomic mass is 9.95. The van der Waals surface area contributed by atoms with Gasteiger partial charge in [-0.1, -0.05) is 6.07 Å². The quantitative estimate of drug-likeness (QED) is 0.842. The SMILES string of the molecule is Cc1ccoc1C(O)C(CN)c1ccccn1. The molecule has 2 heterocycles. The molecule has 0 aromatic carbocycles. The first-order valence-electron chi connectivity index (χ1n) is 5.57. The van der Waals surface area contributed by atoms with Gasteiger partial charge in [-0.05, 0) is 30.7 Å². The van der Waals surface area contributed by atoms with Gasteiger partial charge in [-0.25, -0.2) is 0 Å². The van der Waals surface area contributed by atoms with Gasteiger partial charge in [0.05, 0.1) is 6.26 Å². The van der Waals surface area contributed by atoms with Crippen LogP contribution < -0.4 is 5.73 Å². The number of aryl methyl sites for hydroxylation is 1. The Morgan fingerprint density at radius 2 is 2.24 bits per heavy atom. The van der Waals surface area contributed by atoms with Crippen LogP contribution in [0, 0.1) is 6.92 Å². The Hall–Kier alpha value is -1.65. The minimum atomic E-state index is -0.759. The van der Waals surface area contributed by atoms with Crippen molar-refractivity contribution in [1.82, 2.24) is 4.98 Å². The van der Waals surface area contributed by atoms with Crippen molar-refractivity contribution in [3.05, 3.63) is 53.7 Å². The molecular formula is C13H16N2O2. The minimum Gasteiger partial charge on any atom is -0.466 e. The number of hydrogen-bond donors (Lipinski definition) is 2. The minimum absolute atomic E-state index is 0.249.